The van der Waals surface area contributed by atoms with Gasteiger partial charge in [-0.3, -0.25) is 4.68 Å². The molecular weight excluding hydrogens is 310 g/mol. The van der Waals surface area contributed by atoms with Gasteiger partial charge in [-0.05, 0) is 48.0 Å². The maximum atomic E-state index is 4.49. The lowest BCUT2D eigenvalue weighted by Gasteiger charge is -2.30. The number of nitrogens with zero attached hydrogens (tertiary/aromatic N) is 2. The lowest BCUT2D eigenvalue weighted by atomic mass is 10.0. The van der Waals surface area contributed by atoms with Crippen molar-refractivity contribution in [2.75, 3.05) is 12.8 Å². The van der Waals surface area contributed by atoms with E-state index in [2.05, 4.69) is 56.8 Å². The van der Waals surface area contributed by atoms with Crippen LogP contribution in [0.25, 0.3) is 0 Å². The van der Waals surface area contributed by atoms with Crippen LogP contribution >= 0.6 is 27.7 Å². The van der Waals surface area contributed by atoms with Crippen molar-refractivity contribution < 1.29 is 0 Å². The molecule has 0 radical (unpaired) electrons. The summed E-state index contributed by atoms with van der Waals surface area (Å²) in [5.74, 6) is 1.29. The molecule has 0 spiro atoms. The number of hydrogen-bond donors (Lipinski definition) is 1. The molecule has 1 aliphatic heterocycles. The molecule has 3 nitrogen and oxygen atoms in total. The summed E-state index contributed by atoms with van der Waals surface area (Å²) in [6, 6.07) is 0.402. The molecule has 2 rings (SSSR count). The number of rotatable bonds is 5. The summed E-state index contributed by atoms with van der Waals surface area (Å²) < 4.78 is 3.29. The lowest BCUT2D eigenvalue weighted by molar-refractivity contribution is 0.461. The Labute approximate surface area is 122 Å². The number of aromatic nitrogens is 2. The van der Waals surface area contributed by atoms with E-state index in [0.29, 0.717) is 11.3 Å². The first-order valence-corrected chi connectivity index (χ1v) is 8.62. The predicted molar refractivity (Wildman–Crippen MR) is 82.1 cm³/mol. The topological polar surface area (TPSA) is 29.9 Å². The second kappa shape index (κ2) is 6.96. The first-order chi connectivity index (χ1) is 8.77. The quantitative estimate of drug-likeness (QED) is 0.893. The number of thioether (sulfide) groups is 1. The van der Waals surface area contributed by atoms with Gasteiger partial charge >= 0.3 is 0 Å². The molecule has 1 fully saturated rings. The normalized spacial score (nSPS) is 22.1. The second-order valence-corrected chi connectivity index (χ2v) is 6.97. The van der Waals surface area contributed by atoms with E-state index >= 15 is 0 Å². The lowest BCUT2D eigenvalue weighted by Crippen LogP contribution is -2.31. The van der Waals surface area contributed by atoms with E-state index in [1.165, 1.54) is 30.7 Å². The van der Waals surface area contributed by atoms with E-state index in [9.17, 15) is 0 Å². The molecule has 1 aromatic heterocycles. The number of halogens is 1. The van der Waals surface area contributed by atoms with Crippen LogP contribution in [0.5, 0.6) is 0 Å². The van der Waals surface area contributed by atoms with Crippen LogP contribution in [0.3, 0.4) is 0 Å². The van der Waals surface area contributed by atoms with Crippen LogP contribution in [0, 0.1) is 0 Å². The van der Waals surface area contributed by atoms with Crippen molar-refractivity contribution in [1.29, 1.82) is 0 Å². The Balaban J connectivity index is 2.22. The molecule has 0 amide bonds. The molecule has 0 bridgehead atoms. The van der Waals surface area contributed by atoms with Crippen molar-refractivity contribution in [1.82, 2.24) is 15.1 Å². The summed E-state index contributed by atoms with van der Waals surface area (Å²) in [5.41, 5.74) is 1.32. The molecule has 0 saturated carbocycles. The molecule has 0 aliphatic carbocycles. The van der Waals surface area contributed by atoms with Gasteiger partial charge in [0.1, 0.15) is 0 Å². The molecule has 2 atom stereocenters. The standard InChI is InChI=1S/C13H22BrN3S/c1-3-7-17-13(10(14)9-16-17)12(15-2)11-6-4-5-8-18-11/h9,11-12,15H,3-8H2,1-2H3. The van der Waals surface area contributed by atoms with Crippen LogP contribution in [-0.4, -0.2) is 27.8 Å². The van der Waals surface area contributed by atoms with Crippen LogP contribution in [0.4, 0.5) is 0 Å². The molecule has 1 aromatic rings. The molecule has 18 heavy (non-hydrogen) atoms. The monoisotopic (exact) mass is 331 g/mol. The number of aryl methyl sites for hydroxylation is 1. The summed E-state index contributed by atoms with van der Waals surface area (Å²) in [6.07, 6.45) is 7.08. The number of hydrogen-bond acceptors (Lipinski definition) is 3. The maximum Gasteiger partial charge on any atom is 0.0706 e. The van der Waals surface area contributed by atoms with E-state index in [1.54, 1.807) is 0 Å². The Morgan fingerprint density at radius 1 is 1.61 bits per heavy atom. The average molecular weight is 332 g/mol. The third kappa shape index (κ3) is 3.11. The maximum absolute atomic E-state index is 4.49. The van der Waals surface area contributed by atoms with Gasteiger partial charge in [-0.1, -0.05) is 13.3 Å². The summed E-state index contributed by atoms with van der Waals surface area (Å²) in [5, 5.41) is 8.67. The van der Waals surface area contributed by atoms with Crippen molar-refractivity contribution >= 4 is 27.7 Å². The summed E-state index contributed by atoms with van der Waals surface area (Å²) >= 11 is 5.77. The molecule has 1 saturated heterocycles. The Kier molecular flexibility index (Phi) is 5.57. The highest BCUT2D eigenvalue weighted by molar-refractivity contribution is 9.10. The van der Waals surface area contributed by atoms with E-state index < -0.39 is 0 Å². The van der Waals surface area contributed by atoms with Crippen LogP contribution in [0.1, 0.15) is 44.3 Å². The van der Waals surface area contributed by atoms with Gasteiger partial charge in [0.15, 0.2) is 0 Å². The fraction of sp³-hybridized carbons (Fsp3) is 0.769. The highest BCUT2D eigenvalue weighted by Crippen LogP contribution is 2.37. The predicted octanol–water partition coefficient (Wildman–Crippen LogP) is 3.60. The van der Waals surface area contributed by atoms with Crippen molar-refractivity contribution in [3.05, 3.63) is 16.4 Å². The van der Waals surface area contributed by atoms with Crippen LogP contribution in [-0.2, 0) is 6.54 Å². The fourth-order valence-corrected chi connectivity index (χ4v) is 4.61. The van der Waals surface area contributed by atoms with E-state index in [1.807, 2.05) is 6.20 Å². The third-order valence-corrected chi connectivity index (χ3v) is 5.53. The second-order valence-electron chi connectivity index (χ2n) is 4.77. The van der Waals surface area contributed by atoms with E-state index in [4.69, 9.17) is 0 Å². The van der Waals surface area contributed by atoms with Crippen molar-refractivity contribution in [3.63, 3.8) is 0 Å². The first kappa shape index (κ1) is 14.4. The average Bonchev–Trinajstić information content (AvgIpc) is 2.75. The van der Waals surface area contributed by atoms with Gasteiger partial charge in [0.2, 0.25) is 0 Å². The van der Waals surface area contributed by atoms with E-state index in [0.717, 1.165) is 17.4 Å². The zero-order valence-corrected chi connectivity index (χ0v) is 13.6. The molecule has 5 heteroatoms. The largest absolute Gasteiger partial charge is 0.311 e. The Hall–Kier alpha value is -0.0000000000000000555. The molecule has 1 aliphatic rings. The van der Waals surface area contributed by atoms with Gasteiger partial charge in [0.05, 0.1) is 22.4 Å². The van der Waals surface area contributed by atoms with Crippen LogP contribution < -0.4 is 5.32 Å². The fourth-order valence-electron chi connectivity index (χ4n) is 2.60. The van der Waals surface area contributed by atoms with Crippen LogP contribution in [0.2, 0.25) is 0 Å². The summed E-state index contributed by atoms with van der Waals surface area (Å²) in [7, 11) is 2.07. The van der Waals surface area contributed by atoms with Crippen molar-refractivity contribution in [3.8, 4) is 0 Å². The minimum Gasteiger partial charge on any atom is -0.311 e. The van der Waals surface area contributed by atoms with Gasteiger partial charge in [-0.25, -0.2) is 0 Å². The Morgan fingerprint density at radius 3 is 3.06 bits per heavy atom. The Morgan fingerprint density at radius 2 is 2.44 bits per heavy atom. The molecule has 0 aromatic carbocycles. The zero-order valence-electron chi connectivity index (χ0n) is 11.2. The molecule has 2 unspecified atom stereocenters. The SMILES string of the molecule is CCCn1ncc(Br)c1C(NC)C1CCCCS1. The highest BCUT2D eigenvalue weighted by Gasteiger charge is 2.28. The van der Waals surface area contributed by atoms with Gasteiger partial charge in [-0.2, -0.15) is 16.9 Å². The van der Waals surface area contributed by atoms with Gasteiger partial charge in [-0.15, -0.1) is 0 Å². The van der Waals surface area contributed by atoms with Crippen molar-refractivity contribution in [2.24, 2.45) is 0 Å². The van der Waals surface area contributed by atoms with Gasteiger partial charge in [0, 0.05) is 11.8 Å². The minimum atomic E-state index is 0.402. The molecule has 102 valence electrons. The van der Waals surface area contributed by atoms with Gasteiger partial charge < -0.3 is 5.32 Å². The van der Waals surface area contributed by atoms with Crippen molar-refractivity contribution in [2.45, 2.75) is 50.4 Å². The Bertz CT molecular complexity index is 374. The zero-order chi connectivity index (χ0) is 13.0. The molecule has 1 N–H and O–H groups in total. The first-order valence-electron chi connectivity index (χ1n) is 6.78. The number of nitrogens with one attached hydrogen (secondary N) is 1. The minimum absolute atomic E-state index is 0.402. The highest BCUT2D eigenvalue weighted by atomic mass is 79.9. The van der Waals surface area contributed by atoms with E-state index in [-0.39, 0.29) is 0 Å². The third-order valence-electron chi connectivity index (χ3n) is 3.46. The molecular formula is C13H22BrN3S. The summed E-state index contributed by atoms with van der Waals surface area (Å²) in [4.78, 5) is 0. The molecule has 2 heterocycles. The summed E-state index contributed by atoms with van der Waals surface area (Å²) in [6.45, 7) is 3.19. The van der Waals surface area contributed by atoms with Gasteiger partial charge in [0.25, 0.3) is 0 Å². The smallest absolute Gasteiger partial charge is 0.0706 e. The van der Waals surface area contributed by atoms with Crippen LogP contribution in [0.15, 0.2) is 10.7 Å².